The van der Waals surface area contributed by atoms with Crippen molar-refractivity contribution in [1.82, 2.24) is 14.9 Å². The van der Waals surface area contributed by atoms with Crippen LogP contribution in [0.5, 0.6) is 0 Å². The Morgan fingerprint density at radius 1 is 1.50 bits per heavy atom. The third-order valence-electron chi connectivity index (χ3n) is 4.56. The molecule has 4 nitrogen and oxygen atoms in total. The van der Waals surface area contributed by atoms with Crippen LogP contribution in [0.15, 0.2) is 22.9 Å². The molecule has 6 heteroatoms. The number of piperidine rings is 1. The fourth-order valence-corrected chi connectivity index (χ4v) is 3.70. The zero-order valence-electron chi connectivity index (χ0n) is 10.6. The first-order chi connectivity index (χ1) is 9.69. The van der Waals surface area contributed by atoms with Gasteiger partial charge in [-0.3, -0.25) is 9.18 Å². The summed E-state index contributed by atoms with van der Waals surface area (Å²) >= 11 is 3.37. The molecule has 3 heterocycles. The van der Waals surface area contributed by atoms with E-state index in [-0.39, 0.29) is 18.5 Å². The average molecular weight is 338 g/mol. The van der Waals surface area contributed by atoms with Gasteiger partial charge in [0.2, 0.25) is 0 Å². The molecule has 0 radical (unpaired) electrons. The quantitative estimate of drug-likeness (QED) is 0.915. The van der Waals surface area contributed by atoms with Crippen LogP contribution in [-0.4, -0.2) is 40.5 Å². The van der Waals surface area contributed by atoms with E-state index in [1.165, 1.54) is 0 Å². The lowest BCUT2D eigenvalue weighted by Gasteiger charge is -2.18. The van der Waals surface area contributed by atoms with Crippen LogP contribution in [0, 0.1) is 17.8 Å². The highest BCUT2D eigenvalue weighted by molar-refractivity contribution is 9.10. The molecule has 4 rings (SSSR count). The molecular formula is C14H13BrFN3O. The molecule has 20 heavy (non-hydrogen) atoms. The van der Waals surface area contributed by atoms with E-state index in [1.54, 1.807) is 12.4 Å². The van der Waals surface area contributed by atoms with Crippen LogP contribution in [0.4, 0.5) is 4.39 Å². The molecule has 1 aliphatic carbocycles. The summed E-state index contributed by atoms with van der Waals surface area (Å²) < 4.78 is 13.5. The number of aromatic amines is 1. The number of hydrogen-bond acceptors (Lipinski definition) is 2. The lowest BCUT2D eigenvalue weighted by atomic mass is 10.2. The Hall–Kier alpha value is -1.43. The van der Waals surface area contributed by atoms with Crippen molar-refractivity contribution >= 4 is 32.9 Å². The van der Waals surface area contributed by atoms with Crippen molar-refractivity contribution in [2.75, 3.05) is 19.8 Å². The molecule has 2 aliphatic rings. The number of rotatable bonds is 2. The molecule has 0 spiro atoms. The van der Waals surface area contributed by atoms with Crippen molar-refractivity contribution in [3.8, 4) is 0 Å². The summed E-state index contributed by atoms with van der Waals surface area (Å²) in [6, 6.07) is 1.90. The van der Waals surface area contributed by atoms with Crippen LogP contribution < -0.4 is 0 Å². The maximum Gasteiger partial charge on any atom is 0.256 e. The first-order valence-electron chi connectivity index (χ1n) is 6.67. The van der Waals surface area contributed by atoms with E-state index in [9.17, 15) is 9.18 Å². The maximum atomic E-state index is 12.6. The van der Waals surface area contributed by atoms with E-state index >= 15 is 0 Å². The molecule has 1 N–H and O–H groups in total. The highest BCUT2D eigenvalue weighted by Gasteiger charge is 2.56. The summed E-state index contributed by atoms with van der Waals surface area (Å²) in [5, 5.41) is 0.826. The van der Waals surface area contributed by atoms with Crippen LogP contribution in [0.1, 0.15) is 10.4 Å². The fraction of sp³-hybridized carbons (Fsp3) is 0.429. The Morgan fingerprint density at radius 3 is 2.95 bits per heavy atom. The van der Waals surface area contributed by atoms with Crippen molar-refractivity contribution in [2.24, 2.45) is 17.8 Å². The summed E-state index contributed by atoms with van der Waals surface area (Å²) in [5.41, 5.74) is 1.36. The molecule has 1 aliphatic heterocycles. The first kappa shape index (κ1) is 12.3. The van der Waals surface area contributed by atoms with Gasteiger partial charge in [0.15, 0.2) is 0 Å². The van der Waals surface area contributed by atoms with Crippen LogP contribution in [-0.2, 0) is 0 Å². The highest BCUT2D eigenvalue weighted by Crippen LogP contribution is 2.52. The molecule has 0 aromatic carbocycles. The topological polar surface area (TPSA) is 49.0 Å². The number of carbonyl (C=O) groups excluding carboxylic acids is 1. The monoisotopic (exact) mass is 337 g/mol. The predicted octanol–water partition coefficient (Wildman–Crippen LogP) is 2.61. The van der Waals surface area contributed by atoms with E-state index in [4.69, 9.17) is 0 Å². The lowest BCUT2D eigenvalue weighted by Crippen LogP contribution is -2.31. The molecule has 1 unspecified atom stereocenters. The Morgan fingerprint density at radius 2 is 2.25 bits per heavy atom. The average Bonchev–Trinajstić information content (AvgIpc) is 2.81. The Labute approximate surface area is 123 Å². The Balaban J connectivity index is 1.61. The van der Waals surface area contributed by atoms with Gasteiger partial charge >= 0.3 is 0 Å². The molecule has 1 amide bonds. The number of nitrogens with one attached hydrogen (secondary N) is 1. The van der Waals surface area contributed by atoms with Crippen molar-refractivity contribution in [3.63, 3.8) is 0 Å². The smallest absolute Gasteiger partial charge is 0.256 e. The van der Waals surface area contributed by atoms with Crippen molar-refractivity contribution < 1.29 is 9.18 Å². The fourth-order valence-electron chi connectivity index (χ4n) is 3.37. The van der Waals surface area contributed by atoms with E-state index in [1.807, 2.05) is 11.0 Å². The third kappa shape index (κ3) is 1.70. The van der Waals surface area contributed by atoms with Gasteiger partial charge < -0.3 is 9.88 Å². The number of pyridine rings is 1. The molecule has 2 aromatic rings. The molecule has 104 valence electrons. The van der Waals surface area contributed by atoms with Gasteiger partial charge in [0.25, 0.3) is 5.91 Å². The number of likely N-dealkylation sites (tertiary alicyclic amines) is 1. The minimum Gasteiger partial charge on any atom is -0.345 e. The molecule has 0 bridgehead atoms. The predicted molar refractivity (Wildman–Crippen MR) is 76.1 cm³/mol. The summed E-state index contributed by atoms with van der Waals surface area (Å²) in [4.78, 5) is 21.7. The number of fused-ring (bicyclic) bond motifs is 2. The standard InChI is InChI=1S/C14H13BrFN3O/c15-7-1-8-10(4-18-13(8)17-3-7)14(20)19-5-11-9(2-16)12(11)6-19/h1,3-4,9,11-12H,2,5-6H2,(H,17,18)/t9?,11-,12+. The van der Waals surface area contributed by atoms with Gasteiger partial charge in [0.1, 0.15) is 5.65 Å². The van der Waals surface area contributed by atoms with Gasteiger partial charge in [-0.05, 0) is 39.8 Å². The molecule has 1 saturated heterocycles. The van der Waals surface area contributed by atoms with Crippen LogP contribution in [0.3, 0.4) is 0 Å². The van der Waals surface area contributed by atoms with Gasteiger partial charge in [-0.2, -0.15) is 0 Å². The molecule has 3 atom stereocenters. The normalized spacial score (nSPS) is 27.9. The highest BCUT2D eigenvalue weighted by atomic mass is 79.9. The number of amides is 1. The molecule has 1 saturated carbocycles. The second-order valence-corrected chi connectivity index (χ2v) is 6.52. The van der Waals surface area contributed by atoms with Gasteiger partial charge in [-0.1, -0.05) is 0 Å². The number of H-pyrrole nitrogens is 1. The second-order valence-electron chi connectivity index (χ2n) is 5.61. The molecule has 2 aromatic heterocycles. The number of carbonyl (C=O) groups is 1. The minimum atomic E-state index is -0.249. The van der Waals surface area contributed by atoms with E-state index in [2.05, 4.69) is 25.9 Å². The van der Waals surface area contributed by atoms with Crippen LogP contribution in [0.25, 0.3) is 11.0 Å². The van der Waals surface area contributed by atoms with Crippen LogP contribution >= 0.6 is 15.9 Å². The van der Waals surface area contributed by atoms with Gasteiger partial charge in [0.05, 0.1) is 12.2 Å². The van der Waals surface area contributed by atoms with Crippen molar-refractivity contribution in [3.05, 3.63) is 28.5 Å². The SMILES string of the molecule is O=C(c1c[nH]c2ncc(Br)cc12)N1C[C@@H]2C(CF)[C@@H]2C1. The first-order valence-corrected chi connectivity index (χ1v) is 7.46. The number of aromatic nitrogens is 2. The summed E-state index contributed by atoms with van der Waals surface area (Å²) in [6.07, 6.45) is 3.41. The Bertz CT molecular complexity index is 689. The van der Waals surface area contributed by atoms with E-state index < -0.39 is 0 Å². The summed E-state index contributed by atoms with van der Waals surface area (Å²) in [6.45, 7) is 1.12. The number of nitrogens with zero attached hydrogens (tertiary/aromatic N) is 2. The largest absolute Gasteiger partial charge is 0.345 e. The Kier molecular flexibility index (Phi) is 2.64. The minimum absolute atomic E-state index is 0.0148. The summed E-state index contributed by atoms with van der Waals surface area (Å²) in [5.74, 6) is 0.955. The number of hydrogen-bond donors (Lipinski definition) is 1. The zero-order chi connectivity index (χ0) is 13.9. The van der Waals surface area contributed by atoms with Crippen molar-refractivity contribution in [1.29, 1.82) is 0 Å². The zero-order valence-corrected chi connectivity index (χ0v) is 12.2. The maximum absolute atomic E-state index is 12.6. The van der Waals surface area contributed by atoms with Gasteiger partial charge in [-0.15, -0.1) is 0 Å². The number of halogens is 2. The van der Waals surface area contributed by atoms with Gasteiger partial charge in [0, 0.05) is 35.3 Å². The van der Waals surface area contributed by atoms with E-state index in [0.29, 0.717) is 36.1 Å². The second kappa shape index (κ2) is 4.28. The molecular weight excluding hydrogens is 325 g/mol. The molecule has 2 fully saturated rings. The van der Waals surface area contributed by atoms with Crippen molar-refractivity contribution in [2.45, 2.75) is 0 Å². The van der Waals surface area contributed by atoms with Crippen LogP contribution in [0.2, 0.25) is 0 Å². The lowest BCUT2D eigenvalue weighted by molar-refractivity contribution is 0.0767. The third-order valence-corrected chi connectivity index (χ3v) is 5.00. The summed E-state index contributed by atoms with van der Waals surface area (Å²) in [7, 11) is 0. The van der Waals surface area contributed by atoms with Gasteiger partial charge in [-0.25, -0.2) is 4.98 Å². The number of alkyl halides is 1. The van der Waals surface area contributed by atoms with E-state index in [0.717, 1.165) is 9.86 Å².